The van der Waals surface area contributed by atoms with E-state index < -0.39 is 5.91 Å². The second kappa shape index (κ2) is 5.30. The fourth-order valence-corrected chi connectivity index (χ4v) is 1.47. The molecule has 0 saturated carbocycles. The van der Waals surface area contributed by atoms with Gasteiger partial charge in [0.25, 0.3) is 5.91 Å². The minimum absolute atomic E-state index is 0.108. The average Bonchev–Trinajstić information content (AvgIpc) is 2.92. The maximum absolute atomic E-state index is 11.7. The molecule has 0 atom stereocenters. The summed E-state index contributed by atoms with van der Waals surface area (Å²) >= 11 is 0. The summed E-state index contributed by atoms with van der Waals surface area (Å²) in [6, 6.07) is 0. The van der Waals surface area contributed by atoms with Crippen molar-refractivity contribution in [1.29, 1.82) is 0 Å². The number of rotatable bonds is 4. The van der Waals surface area contributed by atoms with Crippen molar-refractivity contribution < 1.29 is 4.79 Å². The third-order valence-corrected chi connectivity index (χ3v) is 2.36. The lowest BCUT2D eigenvalue weighted by molar-refractivity contribution is 0.101. The van der Waals surface area contributed by atoms with E-state index in [9.17, 15) is 4.79 Å². The summed E-state index contributed by atoms with van der Waals surface area (Å²) in [5.41, 5.74) is 1.68. The Morgan fingerprint density at radius 3 is 2.67 bits per heavy atom. The van der Waals surface area contributed by atoms with E-state index in [1.807, 2.05) is 13.8 Å². The number of aromatic nitrogens is 6. The molecule has 0 aliphatic carbocycles. The van der Waals surface area contributed by atoms with Gasteiger partial charge in [-0.1, -0.05) is 13.8 Å². The first-order chi connectivity index (χ1) is 8.74. The molecule has 0 radical (unpaired) electrons. The highest BCUT2D eigenvalue weighted by Crippen LogP contribution is 2.07. The van der Waals surface area contributed by atoms with E-state index in [0.29, 0.717) is 0 Å². The molecule has 0 fully saturated rings. The van der Waals surface area contributed by atoms with E-state index in [1.54, 1.807) is 0 Å². The standard InChI is InChI=1S/C10H13N7O/c1-3-6-7(4-2)15-17-10(13-6)14-9(18)8-11-5-12-16-8/h5H,3-4H2,1-2H3,(H,11,12,16)(H,13,14,17,18). The van der Waals surface area contributed by atoms with Gasteiger partial charge in [0, 0.05) is 0 Å². The van der Waals surface area contributed by atoms with Crippen LogP contribution in [0.15, 0.2) is 6.33 Å². The van der Waals surface area contributed by atoms with Gasteiger partial charge in [0.2, 0.25) is 11.8 Å². The lowest BCUT2D eigenvalue weighted by Crippen LogP contribution is -2.17. The molecule has 1 amide bonds. The summed E-state index contributed by atoms with van der Waals surface area (Å²) < 4.78 is 0. The van der Waals surface area contributed by atoms with Crippen molar-refractivity contribution in [2.24, 2.45) is 0 Å². The van der Waals surface area contributed by atoms with E-state index in [2.05, 4.69) is 35.7 Å². The van der Waals surface area contributed by atoms with Crippen molar-refractivity contribution >= 4 is 11.9 Å². The Hall–Kier alpha value is -2.38. The summed E-state index contributed by atoms with van der Waals surface area (Å²) in [7, 11) is 0. The van der Waals surface area contributed by atoms with Crippen molar-refractivity contribution in [3.8, 4) is 0 Å². The Morgan fingerprint density at radius 2 is 2.06 bits per heavy atom. The number of anilines is 1. The lowest BCUT2D eigenvalue weighted by Gasteiger charge is -2.05. The Balaban J connectivity index is 2.17. The number of hydrogen-bond donors (Lipinski definition) is 2. The SMILES string of the molecule is CCc1nnc(NC(=O)c2ncn[nH]2)nc1CC. The van der Waals surface area contributed by atoms with Crippen LogP contribution in [0.4, 0.5) is 5.95 Å². The molecule has 2 N–H and O–H groups in total. The first-order valence-electron chi connectivity index (χ1n) is 5.63. The molecule has 94 valence electrons. The summed E-state index contributed by atoms with van der Waals surface area (Å²) in [6.45, 7) is 3.96. The molecular weight excluding hydrogens is 234 g/mol. The molecule has 0 saturated heterocycles. The van der Waals surface area contributed by atoms with Crippen LogP contribution < -0.4 is 5.32 Å². The number of amides is 1. The monoisotopic (exact) mass is 247 g/mol. The second-order valence-corrected chi connectivity index (χ2v) is 3.52. The van der Waals surface area contributed by atoms with Gasteiger partial charge in [-0.3, -0.25) is 15.2 Å². The zero-order valence-corrected chi connectivity index (χ0v) is 10.1. The summed E-state index contributed by atoms with van der Waals surface area (Å²) in [5, 5.41) is 16.4. The maximum atomic E-state index is 11.7. The first-order valence-corrected chi connectivity index (χ1v) is 5.63. The molecule has 8 nitrogen and oxygen atoms in total. The Bertz CT molecular complexity index is 537. The van der Waals surface area contributed by atoms with E-state index >= 15 is 0 Å². The molecule has 0 aliphatic heterocycles. The molecule has 0 aromatic carbocycles. The van der Waals surface area contributed by atoms with Crippen LogP contribution >= 0.6 is 0 Å². The molecule has 2 aromatic rings. The number of carbonyl (C=O) groups excluding carboxylic acids is 1. The Morgan fingerprint density at radius 1 is 1.28 bits per heavy atom. The van der Waals surface area contributed by atoms with Crippen LogP contribution in [-0.4, -0.2) is 36.3 Å². The number of nitrogens with zero attached hydrogens (tertiary/aromatic N) is 5. The van der Waals surface area contributed by atoms with Crippen LogP contribution in [0.2, 0.25) is 0 Å². The third-order valence-electron chi connectivity index (χ3n) is 2.36. The zero-order valence-electron chi connectivity index (χ0n) is 10.1. The highest BCUT2D eigenvalue weighted by Gasteiger charge is 2.12. The molecule has 0 unspecified atom stereocenters. The average molecular weight is 247 g/mol. The van der Waals surface area contributed by atoms with Gasteiger partial charge in [0.1, 0.15) is 6.33 Å². The van der Waals surface area contributed by atoms with Gasteiger partial charge in [-0.05, 0) is 12.8 Å². The number of aryl methyl sites for hydroxylation is 2. The summed E-state index contributed by atoms with van der Waals surface area (Å²) in [4.78, 5) is 19.7. The molecule has 0 aliphatic rings. The summed E-state index contributed by atoms with van der Waals surface area (Å²) in [5.74, 6) is -0.165. The lowest BCUT2D eigenvalue weighted by atomic mass is 10.2. The maximum Gasteiger partial charge on any atom is 0.295 e. The topological polar surface area (TPSA) is 109 Å². The van der Waals surface area contributed by atoms with Crippen LogP contribution in [0, 0.1) is 0 Å². The van der Waals surface area contributed by atoms with E-state index in [4.69, 9.17) is 0 Å². The largest absolute Gasteiger partial charge is 0.295 e. The quantitative estimate of drug-likeness (QED) is 0.807. The molecule has 0 spiro atoms. The Kier molecular flexibility index (Phi) is 3.56. The van der Waals surface area contributed by atoms with Gasteiger partial charge in [-0.2, -0.15) is 5.10 Å². The van der Waals surface area contributed by atoms with Crippen LogP contribution in [0.5, 0.6) is 0 Å². The number of aromatic amines is 1. The summed E-state index contributed by atoms with van der Waals surface area (Å²) in [6.07, 6.45) is 2.76. The van der Waals surface area contributed by atoms with Crippen LogP contribution in [-0.2, 0) is 12.8 Å². The smallest absolute Gasteiger partial charge is 0.286 e. The van der Waals surface area contributed by atoms with Crippen molar-refractivity contribution in [3.05, 3.63) is 23.5 Å². The van der Waals surface area contributed by atoms with Crippen molar-refractivity contribution in [1.82, 2.24) is 30.4 Å². The van der Waals surface area contributed by atoms with Crippen molar-refractivity contribution in [2.75, 3.05) is 5.32 Å². The van der Waals surface area contributed by atoms with Gasteiger partial charge in [0.05, 0.1) is 11.4 Å². The normalized spacial score (nSPS) is 10.3. The van der Waals surface area contributed by atoms with E-state index in [1.165, 1.54) is 6.33 Å². The van der Waals surface area contributed by atoms with Crippen molar-refractivity contribution in [3.63, 3.8) is 0 Å². The van der Waals surface area contributed by atoms with Gasteiger partial charge in [-0.25, -0.2) is 9.97 Å². The number of carbonyl (C=O) groups is 1. The Labute approximate surface area is 103 Å². The minimum atomic E-state index is -0.444. The van der Waals surface area contributed by atoms with E-state index in [0.717, 1.165) is 24.2 Å². The molecule has 8 heteroatoms. The number of H-pyrrole nitrogens is 1. The van der Waals surface area contributed by atoms with Gasteiger partial charge in [-0.15, -0.1) is 10.2 Å². The second-order valence-electron chi connectivity index (χ2n) is 3.52. The molecule has 0 bridgehead atoms. The zero-order chi connectivity index (χ0) is 13.0. The third kappa shape index (κ3) is 2.47. The number of hydrogen-bond acceptors (Lipinski definition) is 6. The van der Waals surface area contributed by atoms with E-state index in [-0.39, 0.29) is 11.8 Å². The highest BCUT2D eigenvalue weighted by atomic mass is 16.2. The van der Waals surface area contributed by atoms with Crippen LogP contribution in [0.25, 0.3) is 0 Å². The molecule has 2 heterocycles. The highest BCUT2D eigenvalue weighted by molar-refractivity contribution is 6.00. The van der Waals surface area contributed by atoms with Crippen LogP contribution in [0.1, 0.15) is 35.9 Å². The predicted molar refractivity (Wildman–Crippen MR) is 62.9 cm³/mol. The number of nitrogens with one attached hydrogen (secondary N) is 2. The first kappa shape index (κ1) is 12.1. The molecule has 2 aromatic heterocycles. The van der Waals surface area contributed by atoms with Crippen molar-refractivity contribution in [2.45, 2.75) is 26.7 Å². The molecular formula is C10H13N7O. The van der Waals surface area contributed by atoms with Gasteiger partial charge in [0.15, 0.2) is 0 Å². The molecule has 2 rings (SSSR count). The fourth-order valence-electron chi connectivity index (χ4n) is 1.47. The minimum Gasteiger partial charge on any atom is -0.286 e. The van der Waals surface area contributed by atoms with Gasteiger partial charge >= 0.3 is 0 Å². The predicted octanol–water partition coefficient (Wildman–Crippen LogP) is 0.367. The van der Waals surface area contributed by atoms with Gasteiger partial charge < -0.3 is 0 Å². The van der Waals surface area contributed by atoms with Crippen LogP contribution in [0.3, 0.4) is 0 Å². The molecule has 18 heavy (non-hydrogen) atoms. The fraction of sp³-hybridized carbons (Fsp3) is 0.400.